The quantitative estimate of drug-likeness (QED) is 0.464. The van der Waals surface area contributed by atoms with Crippen molar-refractivity contribution in [3.05, 3.63) is 83.5 Å². The van der Waals surface area contributed by atoms with E-state index in [1.165, 1.54) is 12.0 Å². The molecule has 1 aromatic rings. The highest BCUT2D eigenvalue weighted by Gasteiger charge is 2.61. The Balaban J connectivity index is 1.47. The fourth-order valence-electron chi connectivity index (χ4n) is 8.61. The number of allylic oxidation sites excluding steroid dienone is 6. The van der Waals surface area contributed by atoms with Crippen LogP contribution >= 0.6 is 0 Å². The first-order valence-electron chi connectivity index (χ1n) is 12.4. The molecule has 31 heavy (non-hydrogen) atoms. The Morgan fingerprint density at radius 3 is 2.42 bits per heavy atom. The van der Waals surface area contributed by atoms with Crippen LogP contribution in [0.2, 0.25) is 18.6 Å². The second-order valence-corrected chi connectivity index (χ2v) is 16.7. The van der Waals surface area contributed by atoms with E-state index in [0.717, 1.165) is 34.8 Å². The van der Waals surface area contributed by atoms with E-state index in [0.29, 0.717) is 18.0 Å². The zero-order valence-electron chi connectivity index (χ0n) is 19.7. The third-order valence-corrected chi connectivity index (χ3v) is 14.7. The van der Waals surface area contributed by atoms with Crippen LogP contribution in [-0.2, 0) is 0 Å². The molecule has 9 atom stereocenters. The minimum Gasteiger partial charge on any atom is -0.292 e. The van der Waals surface area contributed by atoms with Crippen LogP contribution in [0.15, 0.2) is 72.4 Å². The molecule has 2 fully saturated rings. The lowest BCUT2D eigenvalue weighted by Gasteiger charge is -2.43. The predicted octanol–water partition coefficient (Wildman–Crippen LogP) is 6.90. The van der Waals surface area contributed by atoms with Gasteiger partial charge in [-0.1, -0.05) is 92.4 Å². The van der Waals surface area contributed by atoms with Crippen molar-refractivity contribution >= 4 is 8.07 Å². The maximum atomic E-state index is 2.76. The molecule has 162 valence electrons. The molecule has 1 aromatic carbocycles. The lowest BCUT2D eigenvalue weighted by Crippen LogP contribution is -2.45. The number of benzene rings is 1. The maximum absolute atomic E-state index is 2.76. The normalized spacial score (nSPS) is 42.9. The monoisotopic (exact) mass is 427 g/mol. The lowest BCUT2D eigenvalue weighted by atomic mass is 9.83. The molecule has 1 saturated carbocycles. The molecule has 6 rings (SSSR count). The first-order valence-corrected chi connectivity index (χ1v) is 15.6. The van der Waals surface area contributed by atoms with Crippen molar-refractivity contribution in [1.29, 1.82) is 0 Å². The zero-order chi connectivity index (χ0) is 21.5. The largest absolute Gasteiger partial charge is 0.292 e. The fraction of sp³-hybridized carbons (Fsp3) is 0.517. The summed E-state index contributed by atoms with van der Waals surface area (Å²) in [6.07, 6.45) is 18.6. The number of nitrogens with zero attached hydrogens (tertiary/aromatic N) is 1. The molecular weight excluding hydrogens is 390 g/mol. The summed E-state index contributed by atoms with van der Waals surface area (Å²) in [4.78, 5) is 2.71. The first kappa shape index (κ1) is 20.0. The maximum Gasteiger partial charge on any atom is 0.0593 e. The minimum atomic E-state index is -1.62. The molecular formula is C29H37NSi. The molecule has 5 aliphatic rings. The van der Waals surface area contributed by atoms with Gasteiger partial charge in [0.1, 0.15) is 0 Å². The number of hydrogen-bond acceptors (Lipinski definition) is 1. The van der Waals surface area contributed by atoms with Gasteiger partial charge in [0.25, 0.3) is 0 Å². The summed E-state index contributed by atoms with van der Waals surface area (Å²) in [7, 11) is 0.769. The summed E-state index contributed by atoms with van der Waals surface area (Å²) in [6, 6.07) is 10.7. The number of likely N-dealkylation sites (tertiary alicyclic amines) is 1. The highest BCUT2D eigenvalue weighted by molar-refractivity contribution is 6.80. The molecule has 0 spiro atoms. The van der Waals surface area contributed by atoms with Crippen LogP contribution < -0.4 is 0 Å². The lowest BCUT2D eigenvalue weighted by molar-refractivity contribution is 0.258. The second-order valence-electron chi connectivity index (χ2n) is 11.7. The van der Waals surface area contributed by atoms with Gasteiger partial charge in [0.15, 0.2) is 0 Å². The number of fused-ring (bicyclic) bond motifs is 6. The molecule has 1 nitrogen and oxygen atoms in total. The molecule has 0 N–H and O–H groups in total. The Bertz CT molecular complexity index is 1010. The third-order valence-electron chi connectivity index (χ3n) is 9.89. The van der Waals surface area contributed by atoms with Crippen molar-refractivity contribution < 1.29 is 0 Å². The summed E-state index contributed by atoms with van der Waals surface area (Å²) in [6.45, 7) is 10.3. The van der Waals surface area contributed by atoms with E-state index in [1.807, 2.05) is 0 Å². The Morgan fingerprint density at radius 2 is 1.65 bits per heavy atom. The minimum absolute atomic E-state index is 0.562. The first-order chi connectivity index (χ1) is 14.9. The van der Waals surface area contributed by atoms with E-state index in [-0.39, 0.29) is 0 Å². The van der Waals surface area contributed by atoms with E-state index < -0.39 is 8.07 Å². The van der Waals surface area contributed by atoms with Crippen LogP contribution in [0.5, 0.6) is 0 Å². The number of rotatable bonds is 2. The van der Waals surface area contributed by atoms with Gasteiger partial charge in [0.05, 0.1) is 8.07 Å². The van der Waals surface area contributed by atoms with E-state index in [4.69, 9.17) is 0 Å². The Labute approximate surface area is 189 Å². The smallest absolute Gasteiger partial charge is 0.0593 e. The zero-order valence-corrected chi connectivity index (χ0v) is 20.7. The topological polar surface area (TPSA) is 3.24 Å². The summed E-state index contributed by atoms with van der Waals surface area (Å²) < 4.78 is 0. The van der Waals surface area contributed by atoms with E-state index in [9.17, 15) is 0 Å². The average Bonchev–Trinajstić information content (AvgIpc) is 3.38. The van der Waals surface area contributed by atoms with Crippen LogP contribution in [-0.4, -0.2) is 26.1 Å². The summed E-state index contributed by atoms with van der Waals surface area (Å²) >= 11 is 0. The molecule has 9 unspecified atom stereocenters. The van der Waals surface area contributed by atoms with Crippen molar-refractivity contribution in [2.45, 2.75) is 56.5 Å². The van der Waals surface area contributed by atoms with Gasteiger partial charge in [-0.3, -0.25) is 4.90 Å². The van der Waals surface area contributed by atoms with Gasteiger partial charge in [-0.25, -0.2) is 0 Å². The van der Waals surface area contributed by atoms with Crippen molar-refractivity contribution in [2.75, 3.05) is 7.05 Å². The molecule has 0 aromatic heterocycles. The van der Waals surface area contributed by atoms with Crippen molar-refractivity contribution in [3.63, 3.8) is 0 Å². The molecule has 0 amide bonds. The summed E-state index contributed by atoms with van der Waals surface area (Å²) in [5, 5.41) is 0. The van der Waals surface area contributed by atoms with Gasteiger partial charge >= 0.3 is 0 Å². The van der Waals surface area contributed by atoms with Crippen LogP contribution in [0, 0.1) is 29.6 Å². The van der Waals surface area contributed by atoms with Gasteiger partial charge in [-0.15, -0.1) is 0 Å². The van der Waals surface area contributed by atoms with Crippen LogP contribution in [0.4, 0.5) is 0 Å². The average molecular weight is 428 g/mol. The van der Waals surface area contributed by atoms with E-state index in [2.05, 4.69) is 106 Å². The fourth-order valence-corrected chi connectivity index (χ4v) is 13.8. The van der Waals surface area contributed by atoms with Crippen LogP contribution in [0.3, 0.4) is 0 Å². The number of hydrogen-bond donors (Lipinski definition) is 0. The molecule has 0 radical (unpaired) electrons. The third kappa shape index (κ3) is 2.70. The molecule has 2 heteroatoms. The standard InChI is InChI=1S/C29H37NSi/c1-18-14-15-25-24(16-18)27-28(30(25)3)22-12-8-9-13-23(22)29(27)31(4,5)26-17-19(2)20-10-6-7-11-21(20)26/h6-16,19-21,24-29H,17H2,1-5H3. The van der Waals surface area contributed by atoms with Crippen LogP contribution in [0.25, 0.3) is 0 Å². The van der Waals surface area contributed by atoms with Crippen LogP contribution in [0.1, 0.15) is 43.0 Å². The van der Waals surface area contributed by atoms with Gasteiger partial charge in [-0.05, 0) is 66.3 Å². The molecule has 4 aliphatic carbocycles. The second kappa shape index (κ2) is 6.93. The molecule has 1 saturated heterocycles. The highest BCUT2D eigenvalue weighted by atomic mass is 28.3. The van der Waals surface area contributed by atoms with E-state index >= 15 is 0 Å². The highest BCUT2D eigenvalue weighted by Crippen LogP contribution is 2.65. The van der Waals surface area contributed by atoms with Crippen molar-refractivity contribution in [2.24, 2.45) is 29.6 Å². The van der Waals surface area contributed by atoms with Gasteiger partial charge < -0.3 is 0 Å². The molecule has 1 heterocycles. The summed E-state index contributed by atoms with van der Waals surface area (Å²) in [5.41, 5.74) is 6.41. The predicted molar refractivity (Wildman–Crippen MR) is 134 cm³/mol. The van der Waals surface area contributed by atoms with Crippen molar-refractivity contribution in [3.8, 4) is 0 Å². The molecule has 0 bridgehead atoms. The van der Waals surface area contributed by atoms with Gasteiger partial charge in [0.2, 0.25) is 0 Å². The van der Waals surface area contributed by atoms with Gasteiger partial charge in [0, 0.05) is 18.0 Å². The Hall–Kier alpha value is -1.64. The van der Waals surface area contributed by atoms with Gasteiger partial charge in [-0.2, -0.15) is 0 Å². The SMILES string of the molecule is CC1=CC2C3C(c4ccccc4C3[Si](C)(C)C3CC(C)C4C=CC=CC43)N(C)C2C=C1. The number of likely N-dealkylation sites (N-methyl/N-ethyl adjacent to an activating group) is 1. The van der Waals surface area contributed by atoms with Crippen molar-refractivity contribution in [1.82, 2.24) is 4.90 Å². The Kier molecular flexibility index (Phi) is 4.47. The summed E-state index contributed by atoms with van der Waals surface area (Å²) in [5.74, 6) is 3.71. The molecule has 1 aliphatic heterocycles. The Morgan fingerprint density at radius 1 is 0.935 bits per heavy atom. The van der Waals surface area contributed by atoms with E-state index in [1.54, 1.807) is 11.1 Å².